The molecule has 1 aliphatic carbocycles. The van der Waals surface area contributed by atoms with E-state index < -0.39 is 0 Å². The molecule has 2 aliphatic rings. The normalized spacial score (nSPS) is 20.4. The average Bonchev–Trinajstić information content (AvgIpc) is 2.99. The Labute approximate surface area is 116 Å². The van der Waals surface area contributed by atoms with Crippen molar-refractivity contribution in [2.75, 3.05) is 6.61 Å². The number of fused-ring (bicyclic) bond motifs is 2. The van der Waals surface area contributed by atoms with Crippen molar-refractivity contribution in [3.05, 3.63) is 65.0 Å². The minimum Gasteiger partial charge on any atom is -0.492 e. The second-order valence-corrected chi connectivity index (χ2v) is 4.94. The van der Waals surface area contributed by atoms with Gasteiger partial charge < -0.3 is 4.74 Å². The first kappa shape index (κ1) is 11.3. The van der Waals surface area contributed by atoms with E-state index in [1.54, 1.807) is 6.20 Å². The fraction of sp³-hybridized carbons (Fsp3) is 0.188. The van der Waals surface area contributed by atoms with Gasteiger partial charge in [0, 0.05) is 17.6 Å². The van der Waals surface area contributed by atoms with E-state index >= 15 is 0 Å². The molecule has 2 aromatic rings. The van der Waals surface area contributed by atoms with Crippen LogP contribution in [-0.4, -0.2) is 22.6 Å². The zero-order valence-electron chi connectivity index (χ0n) is 10.7. The molecule has 1 aromatic carbocycles. The molecule has 1 atom stereocenters. The highest BCUT2D eigenvalue weighted by atomic mass is 16.5. The molecule has 1 aromatic heterocycles. The van der Waals surface area contributed by atoms with Crippen LogP contribution in [-0.2, 0) is 9.53 Å². The maximum atomic E-state index is 12.8. The summed E-state index contributed by atoms with van der Waals surface area (Å²) in [6, 6.07) is 11.6. The van der Waals surface area contributed by atoms with Crippen molar-refractivity contribution in [1.82, 2.24) is 10.2 Å². The fourth-order valence-electron chi connectivity index (χ4n) is 2.93. The van der Waals surface area contributed by atoms with Crippen molar-refractivity contribution in [2.24, 2.45) is 0 Å². The number of ether oxygens (including phenoxy) is 1. The third-order valence-corrected chi connectivity index (χ3v) is 3.83. The minimum atomic E-state index is -0.361. The lowest BCUT2D eigenvalue weighted by atomic mass is 9.80. The number of Topliss-reactive ketones (excluding diaryl/α,β-unsaturated/α-hetero) is 1. The van der Waals surface area contributed by atoms with Crippen LogP contribution < -0.4 is 0 Å². The first-order valence-electron chi connectivity index (χ1n) is 6.63. The van der Waals surface area contributed by atoms with Gasteiger partial charge in [-0.2, -0.15) is 10.2 Å². The van der Waals surface area contributed by atoms with E-state index in [2.05, 4.69) is 10.2 Å². The molecule has 0 spiro atoms. The van der Waals surface area contributed by atoms with E-state index in [1.165, 1.54) is 0 Å². The Balaban J connectivity index is 1.95. The first-order chi connectivity index (χ1) is 9.86. The van der Waals surface area contributed by atoms with Gasteiger partial charge in [0.25, 0.3) is 0 Å². The third-order valence-electron chi connectivity index (χ3n) is 3.83. The van der Waals surface area contributed by atoms with Crippen molar-refractivity contribution < 1.29 is 9.53 Å². The molecule has 0 saturated heterocycles. The standard InChI is InChI=1S/C16H12N2O2/c19-15-12-7-9-20-16(12)11-6-8-17-18-14(11)13(15)10-4-2-1-3-5-10/h1-6,8,13H,7,9H2. The van der Waals surface area contributed by atoms with Gasteiger partial charge in [0.15, 0.2) is 5.78 Å². The summed E-state index contributed by atoms with van der Waals surface area (Å²) in [7, 11) is 0. The summed E-state index contributed by atoms with van der Waals surface area (Å²) in [6.07, 6.45) is 2.32. The molecule has 0 amide bonds. The summed E-state index contributed by atoms with van der Waals surface area (Å²) in [6.45, 7) is 0.569. The van der Waals surface area contributed by atoms with Crippen LogP contribution in [0, 0.1) is 0 Å². The highest BCUT2D eigenvalue weighted by molar-refractivity contribution is 6.10. The van der Waals surface area contributed by atoms with Crippen LogP contribution in [0.3, 0.4) is 0 Å². The number of hydrogen-bond donors (Lipinski definition) is 0. The van der Waals surface area contributed by atoms with Gasteiger partial charge in [-0.25, -0.2) is 0 Å². The molecule has 0 radical (unpaired) electrons. The Morgan fingerprint density at radius 1 is 1.15 bits per heavy atom. The number of rotatable bonds is 1. The number of hydrogen-bond acceptors (Lipinski definition) is 4. The van der Waals surface area contributed by atoms with Crippen LogP contribution in [0.2, 0.25) is 0 Å². The first-order valence-corrected chi connectivity index (χ1v) is 6.63. The molecule has 98 valence electrons. The maximum Gasteiger partial charge on any atom is 0.176 e. The van der Waals surface area contributed by atoms with E-state index in [0.29, 0.717) is 24.5 Å². The van der Waals surface area contributed by atoms with Gasteiger partial charge in [-0.05, 0) is 11.6 Å². The zero-order valence-corrected chi connectivity index (χ0v) is 10.7. The van der Waals surface area contributed by atoms with E-state index in [9.17, 15) is 4.79 Å². The number of carbonyl (C=O) groups excluding carboxylic acids is 1. The van der Waals surface area contributed by atoms with Crippen molar-refractivity contribution in [3.63, 3.8) is 0 Å². The summed E-state index contributed by atoms with van der Waals surface area (Å²) in [5.74, 6) is 0.434. The number of carbonyl (C=O) groups is 1. The molecule has 0 bridgehead atoms. The topological polar surface area (TPSA) is 52.1 Å². The van der Waals surface area contributed by atoms with Gasteiger partial charge in [0.1, 0.15) is 5.76 Å². The van der Waals surface area contributed by atoms with Gasteiger partial charge in [-0.1, -0.05) is 30.3 Å². The fourth-order valence-corrected chi connectivity index (χ4v) is 2.93. The second kappa shape index (κ2) is 4.27. The summed E-state index contributed by atoms with van der Waals surface area (Å²) < 4.78 is 5.63. The van der Waals surface area contributed by atoms with Gasteiger partial charge in [-0.3, -0.25) is 4.79 Å². The SMILES string of the molecule is O=C1C2=C(OCC2)c2ccnnc2C1c1ccccc1. The summed E-state index contributed by atoms with van der Waals surface area (Å²) in [4.78, 5) is 12.8. The average molecular weight is 264 g/mol. The second-order valence-electron chi connectivity index (χ2n) is 4.94. The summed E-state index contributed by atoms with van der Waals surface area (Å²) in [5.41, 5.74) is 3.35. The smallest absolute Gasteiger partial charge is 0.176 e. The van der Waals surface area contributed by atoms with Gasteiger partial charge >= 0.3 is 0 Å². The molecule has 4 heteroatoms. The van der Waals surface area contributed by atoms with Gasteiger partial charge in [0.2, 0.25) is 0 Å². The minimum absolute atomic E-state index is 0.0942. The number of nitrogens with zero attached hydrogens (tertiary/aromatic N) is 2. The maximum absolute atomic E-state index is 12.8. The molecule has 2 heterocycles. The number of aromatic nitrogens is 2. The Kier molecular flexibility index (Phi) is 2.42. The largest absolute Gasteiger partial charge is 0.492 e. The van der Waals surface area contributed by atoms with E-state index in [0.717, 1.165) is 16.7 Å². The lowest BCUT2D eigenvalue weighted by Gasteiger charge is -2.23. The Hall–Kier alpha value is -2.49. The molecule has 1 unspecified atom stereocenters. The monoisotopic (exact) mass is 264 g/mol. The summed E-state index contributed by atoms with van der Waals surface area (Å²) >= 11 is 0. The predicted molar refractivity (Wildman–Crippen MR) is 72.8 cm³/mol. The number of ketones is 1. The molecule has 0 fully saturated rings. The van der Waals surface area contributed by atoms with Gasteiger partial charge in [-0.15, -0.1) is 0 Å². The van der Waals surface area contributed by atoms with E-state index in [-0.39, 0.29) is 11.7 Å². The lowest BCUT2D eigenvalue weighted by Crippen LogP contribution is -2.23. The predicted octanol–water partition coefficient (Wildman–Crippen LogP) is 2.32. The molecular weight excluding hydrogens is 252 g/mol. The van der Waals surface area contributed by atoms with Crippen LogP contribution in [0.25, 0.3) is 5.76 Å². The molecule has 20 heavy (non-hydrogen) atoms. The number of benzene rings is 1. The molecule has 0 saturated carbocycles. The highest BCUT2D eigenvalue weighted by Crippen LogP contribution is 2.42. The Morgan fingerprint density at radius 2 is 2.00 bits per heavy atom. The Bertz CT molecular complexity index is 722. The third kappa shape index (κ3) is 1.51. The van der Waals surface area contributed by atoms with Crippen LogP contribution >= 0.6 is 0 Å². The van der Waals surface area contributed by atoms with Crippen molar-refractivity contribution in [2.45, 2.75) is 12.3 Å². The van der Waals surface area contributed by atoms with Crippen LogP contribution in [0.1, 0.15) is 29.2 Å². The van der Waals surface area contributed by atoms with Crippen LogP contribution in [0.5, 0.6) is 0 Å². The molecular formula is C16H12N2O2. The highest BCUT2D eigenvalue weighted by Gasteiger charge is 2.39. The summed E-state index contributed by atoms with van der Waals surface area (Å²) in [5, 5.41) is 8.14. The van der Waals surface area contributed by atoms with Gasteiger partial charge in [0.05, 0.1) is 24.4 Å². The quantitative estimate of drug-likeness (QED) is 0.793. The molecule has 1 aliphatic heterocycles. The van der Waals surface area contributed by atoms with E-state index in [1.807, 2.05) is 36.4 Å². The zero-order chi connectivity index (χ0) is 13.5. The molecule has 0 N–H and O–H groups in total. The lowest BCUT2D eigenvalue weighted by molar-refractivity contribution is -0.116. The van der Waals surface area contributed by atoms with Crippen LogP contribution in [0.4, 0.5) is 0 Å². The Morgan fingerprint density at radius 3 is 2.85 bits per heavy atom. The van der Waals surface area contributed by atoms with Crippen LogP contribution in [0.15, 0.2) is 48.2 Å². The molecule has 4 rings (SSSR count). The molecule has 4 nitrogen and oxygen atoms in total. The van der Waals surface area contributed by atoms with E-state index in [4.69, 9.17) is 4.74 Å². The van der Waals surface area contributed by atoms with Crippen molar-refractivity contribution >= 4 is 11.5 Å². The van der Waals surface area contributed by atoms with Crippen molar-refractivity contribution in [1.29, 1.82) is 0 Å². The van der Waals surface area contributed by atoms with Crippen molar-refractivity contribution in [3.8, 4) is 0 Å².